The minimum Gasteiger partial charge on any atom is -0.282 e. The summed E-state index contributed by atoms with van der Waals surface area (Å²) in [5.74, 6) is 0.382. The van der Waals surface area contributed by atoms with Crippen LogP contribution in [0, 0.1) is 5.41 Å². The van der Waals surface area contributed by atoms with E-state index in [0.717, 1.165) is 24.8 Å². The number of nitrogens with one attached hydrogen (secondary N) is 1. The zero-order valence-electron chi connectivity index (χ0n) is 7.38. The van der Waals surface area contributed by atoms with Gasteiger partial charge in [-0.25, -0.2) is 4.99 Å². The fourth-order valence-electron chi connectivity index (χ4n) is 1.05. The zero-order valence-corrected chi connectivity index (χ0v) is 7.38. The van der Waals surface area contributed by atoms with Crippen molar-refractivity contribution in [1.82, 2.24) is 0 Å². The first kappa shape index (κ1) is 8.91. The molecule has 0 aliphatic heterocycles. The van der Waals surface area contributed by atoms with E-state index < -0.39 is 0 Å². The second-order valence-corrected chi connectivity index (χ2v) is 2.71. The minimum atomic E-state index is 0.382. The molecule has 64 valence electrons. The van der Waals surface area contributed by atoms with Crippen LogP contribution in [0.5, 0.6) is 0 Å². The molecule has 12 heavy (non-hydrogen) atoms. The zero-order chi connectivity index (χ0) is 8.81. The van der Waals surface area contributed by atoms with Gasteiger partial charge in [0.2, 0.25) is 0 Å². The highest BCUT2D eigenvalue weighted by Gasteiger charge is 2.00. The Bertz CT molecular complexity index is 247. The van der Waals surface area contributed by atoms with Gasteiger partial charge in [-0.05, 0) is 19.3 Å². The Kier molecular flexibility index (Phi) is 3.45. The Morgan fingerprint density at radius 2 is 2.50 bits per heavy atom. The van der Waals surface area contributed by atoms with E-state index in [2.05, 4.69) is 17.1 Å². The van der Waals surface area contributed by atoms with Crippen molar-refractivity contribution in [3.63, 3.8) is 0 Å². The predicted molar refractivity (Wildman–Crippen MR) is 53.0 cm³/mol. The highest BCUT2D eigenvalue weighted by atomic mass is 14.8. The standard InChI is InChI=1S/C10H14N2/c1-2-8-12-10(11)9-6-4-3-5-7-9/h4,6-8,11H,2-3,5H2,1H3. The van der Waals surface area contributed by atoms with Gasteiger partial charge < -0.3 is 0 Å². The Morgan fingerprint density at radius 1 is 1.67 bits per heavy atom. The van der Waals surface area contributed by atoms with Crippen LogP contribution in [0.15, 0.2) is 28.8 Å². The van der Waals surface area contributed by atoms with Crippen molar-refractivity contribution in [2.75, 3.05) is 0 Å². The summed E-state index contributed by atoms with van der Waals surface area (Å²) < 4.78 is 0. The van der Waals surface area contributed by atoms with E-state index in [1.54, 1.807) is 6.21 Å². The second kappa shape index (κ2) is 4.65. The molecule has 0 fully saturated rings. The lowest BCUT2D eigenvalue weighted by molar-refractivity contribution is 1.03. The molecular formula is C10H14N2. The van der Waals surface area contributed by atoms with Crippen LogP contribution in [0.4, 0.5) is 0 Å². The lowest BCUT2D eigenvalue weighted by Gasteiger charge is -2.03. The monoisotopic (exact) mass is 162 g/mol. The smallest absolute Gasteiger partial charge is 0.151 e. The molecule has 0 unspecified atom stereocenters. The molecule has 0 bridgehead atoms. The highest BCUT2D eigenvalue weighted by molar-refractivity contribution is 6.02. The van der Waals surface area contributed by atoms with Crippen molar-refractivity contribution in [3.8, 4) is 0 Å². The first-order valence-corrected chi connectivity index (χ1v) is 4.32. The molecular weight excluding hydrogens is 148 g/mol. The maximum Gasteiger partial charge on any atom is 0.151 e. The first-order valence-electron chi connectivity index (χ1n) is 4.32. The van der Waals surface area contributed by atoms with Crippen molar-refractivity contribution in [3.05, 3.63) is 23.8 Å². The van der Waals surface area contributed by atoms with Crippen molar-refractivity contribution in [1.29, 1.82) is 5.41 Å². The van der Waals surface area contributed by atoms with Gasteiger partial charge in [-0.1, -0.05) is 25.2 Å². The van der Waals surface area contributed by atoms with Gasteiger partial charge in [0.05, 0.1) is 0 Å². The Morgan fingerprint density at radius 3 is 3.08 bits per heavy atom. The number of hydrogen-bond acceptors (Lipinski definition) is 1. The SMILES string of the molecule is CCC=NC(=N)C1=CCCC=C1. The average molecular weight is 162 g/mol. The number of amidine groups is 1. The van der Waals surface area contributed by atoms with Crippen LogP contribution in [0.25, 0.3) is 0 Å². The highest BCUT2D eigenvalue weighted by Crippen LogP contribution is 2.10. The molecule has 1 N–H and O–H groups in total. The van der Waals surface area contributed by atoms with Crippen LogP contribution in [-0.4, -0.2) is 12.1 Å². The van der Waals surface area contributed by atoms with Crippen molar-refractivity contribution in [2.24, 2.45) is 4.99 Å². The molecule has 1 aliphatic rings. The quantitative estimate of drug-likeness (QED) is 0.479. The van der Waals surface area contributed by atoms with Gasteiger partial charge in [0.1, 0.15) is 0 Å². The van der Waals surface area contributed by atoms with Gasteiger partial charge >= 0.3 is 0 Å². The Balaban J connectivity index is 2.58. The van der Waals surface area contributed by atoms with E-state index in [1.807, 2.05) is 13.0 Å². The third kappa shape index (κ3) is 2.46. The molecule has 0 saturated carbocycles. The van der Waals surface area contributed by atoms with Gasteiger partial charge in [-0.2, -0.15) is 0 Å². The van der Waals surface area contributed by atoms with Crippen LogP contribution in [0.3, 0.4) is 0 Å². The predicted octanol–water partition coefficient (Wildman–Crippen LogP) is 2.72. The number of rotatable bonds is 2. The third-order valence-electron chi connectivity index (χ3n) is 1.67. The van der Waals surface area contributed by atoms with Crippen LogP contribution >= 0.6 is 0 Å². The minimum absolute atomic E-state index is 0.382. The van der Waals surface area contributed by atoms with E-state index in [4.69, 9.17) is 5.41 Å². The van der Waals surface area contributed by atoms with Gasteiger partial charge in [0.25, 0.3) is 0 Å². The van der Waals surface area contributed by atoms with E-state index in [9.17, 15) is 0 Å². The summed E-state index contributed by atoms with van der Waals surface area (Å²) in [5.41, 5.74) is 0.950. The summed E-state index contributed by atoms with van der Waals surface area (Å²) >= 11 is 0. The number of allylic oxidation sites excluding steroid dienone is 2. The second-order valence-electron chi connectivity index (χ2n) is 2.71. The molecule has 1 aliphatic carbocycles. The van der Waals surface area contributed by atoms with E-state index >= 15 is 0 Å². The number of aliphatic imine (C=N–C) groups is 1. The topological polar surface area (TPSA) is 36.2 Å². The fraction of sp³-hybridized carbons (Fsp3) is 0.400. The van der Waals surface area contributed by atoms with Crippen LogP contribution < -0.4 is 0 Å². The summed E-state index contributed by atoms with van der Waals surface area (Å²) in [6, 6.07) is 0. The van der Waals surface area contributed by atoms with Gasteiger partial charge in [0.15, 0.2) is 5.84 Å². The average Bonchev–Trinajstić information content (AvgIpc) is 2.15. The lowest BCUT2D eigenvalue weighted by atomic mass is 10.1. The van der Waals surface area contributed by atoms with Crippen molar-refractivity contribution < 1.29 is 0 Å². The van der Waals surface area contributed by atoms with E-state index in [1.165, 1.54) is 0 Å². The van der Waals surface area contributed by atoms with Crippen molar-refractivity contribution >= 4 is 12.1 Å². The molecule has 0 atom stereocenters. The number of nitrogens with zero attached hydrogens (tertiary/aromatic N) is 1. The molecule has 1 rings (SSSR count). The maximum absolute atomic E-state index is 7.57. The van der Waals surface area contributed by atoms with Gasteiger partial charge in [-0.3, -0.25) is 5.41 Å². The van der Waals surface area contributed by atoms with Crippen LogP contribution in [-0.2, 0) is 0 Å². The van der Waals surface area contributed by atoms with Gasteiger partial charge in [0, 0.05) is 11.8 Å². The normalized spacial score (nSPS) is 16.6. The first-order chi connectivity index (χ1) is 5.84. The summed E-state index contributed by atoms with van der Waals surface area (Å²) in [6.45, 7) is 2.02. The summed E-state index contributed by atoms with van der Waals surface area (Å²) in [4.78, 5) is 4.01. The fourth-order valence-corrected chi connectivity index (χ4v) is 1.05. The molecule has 2 nitrogen and oxygen atoms in total. The molecule has 0 spiro atoms. The molecule has 0 aromatic carbocycles. The van der Waals surface area contributed by atoms with Crippen LogP contribution in [0.2, 0.25) is 0 Å². The third-order valence-corrected chi connectivity index (χ3v) is 1.67. The molecule has 0 saturated heterocycles. The molecule has 0 aromatic rings. The van der Waals surface area contributed by atoms with Crippen LogP contribution in [0.1, 0.15) is 26.2 Å². The molecule has 2 heteroatoms. The lowest BCUT2D eigenvalue weighted by Crippen LogP contribution is -1.97. The van der Waals surface area contributed by atoms with E-state index in [-0.39, 0.29) is 0 Å². The molecule has 0 radical (unpaired) electrons. The Labute approximate surface area is 73.2 Å². The van der Waals surface area contributed by atoms with E-state index in [0.29, 0.717) is 5.84 Å². The van der Waals surface area contributed by atoms with Gasteiger partial charge in [-0.15, -0.1) is 0 Å². The molecule has 0 aromatic heterocycles. The van der Waals surface area contributed by atoms with Crippen molar-refractivity contribution in [2.45, 2.75) is 26.2 Å². The Hall–Kier alpha value is -1.18. The molecule has 0 heterocycles. The number of hydrogen-bond donors (Lipinski definition) is 1. The summed E-state index contributed by atoms with van der Waals surface area (Å²) in [7, 11) is 0. The summed E-state index contributed by atoms with van der Waals surface area (Å²) in [6.07, 6.45) is 10.9. The summed E-state index contributed by atoms with van der Waals surface area (Å²) in [5, 5.41) is 7.57. The largest absolute Gasteiger partial charge is 0.282 e. The molecule has 0 amide bonds. The maximum atomic E-state index is 7.57.